The van der Waals surface area contributed by atoms with Crippen molar-refractivity contribution in [2.24, 2.45) is 0 Å². The Kier molecular flexibility index (Phi) is 3.67. The van der Waals surface area contributed by atoms with Crippen molar-refractivity contribution in [1.29, 1.82) is 0 Å². The van der Waals surface area contributed by atoms with Crippen molar-refractivity contribution in [3.05, 3.63) is 69.8 Å². The van der Waals surface area contributed by atoms with Crippen LogP contribution in [0.3, 0.4) is 0 Å². The average molecular weight is 296 g/mol. The molecule has 0 saturated carbocycles. The Labute approximate surface area is 128 Å². The maximum absolute atomic E-state index is 11.4. The highest BCUT2D eigenvalue weighted by Crippen LogP contribution is 2.21. The number of carboxylic acid groups (broad SMARTS) is 2. The van der Waals surface area contributed by atoms with Crippen LogP contribution < -0.4 is 0 Å². The molecule has 0 saturated heterocycles. The van der Waals surface area contributed by atoms with Gasteiger partial charge in [0.05, 0.1) is 11.1 Å². The van der Waals surface area contributed by atoms with E-state index in [1.165, 1.54) is 0 Å². The summed E-state index contributed by atoms with van der Waals surface area (Å²) in [4.78, 5) is 22.9. The van der Waals surface area contributed by atoms with Gasteiger partial charge in [-0.25, -0.2) is 9.59 Å². The van der Waals surface area contributed by atoms with Crippen molar-refractivity contribution >= 4 is 11.9 Å². The van der Waals surface area contributed by atoms with Crippen LogP contribution in [0, 0.1) is 0 Å². The Morgan fingerprint density at radius 2 is 1.09 bits per heavy atom. The summed E-state index contributed by atoms with van der Waals surface area (Å²) >= 11 is 0. The van der Waals surface area contributed by atoms with Gasteiger partial charge in [-0.1, -0.05) is 24.3 Å². The van der Waals surface area contributed by atoms with Crippen molar-refractivity contribution < 1.29 is 19.8 Å². The van der Waals surface area contributed by atoms with Gasteiger partial charge in [-0.05, 0) is 60.1 Å². The van der Waals surface area contributed by atoms with E-state index in [0.717, 1.165) is 22.3 Å². The van der Waals surface area contributed by atoms with Crippen LogP contribution in [0.2, 0.25) is 0 Å². The van der Waals surface area contributed by atoms with Crippen LogP contribution in [-0.4, -0.2) is 22.2 Å². The summed E-state index contributed by atoms with van der Waals surface area (Å²) in [6.07, 6.45) is 2.42. The Morgan fingerprint density at radius 3 is 1.45 bits per heavy atom. The monoisotopic (exact) mass is 296 g/mol. The fourth-order valence-electron chi connectivity index (χ4n) is 2.95. The molecule has 2 aromatic carbocycles. The summed E-state index contributed by atoms with van der Waals surface area (Å²) in [6.45, 7) is 0. The molecule has 0 atom stereocenters. The molecule has 0 heterocycles. The Morgan fingerprint density at radius 1 is 0.682 bits per heavy atom. The van der Waals surface area contributed by atoms with E-state index in [1.807, 2.05) is 24.3 Å². The predicted octanol–water partition coefficient (Wildman–Crippen LogP) is 2.97. The molecular weight excluding hydrogens is 280 g/mol. The van der Waals surface area contributed by atoms with E-state index in [-0.39, 0.29) is 0 Å². The molecule has 6 rings (SSSR count). The van der Waals surface area contributed by atoms with E-state index < -0.39 is 11.9 Å². The van der Waals surface area contributed by atoms with E-state index in [4.69, 9.17) is 0 Å². The minimum atomic E-state index is -0.929. The third kappa shape index (κ3) is 2.72. The lowest BCUT2D eigenvalue weighted by Gasteiger charge is -2.14. The quantitative estimate of drug-likeness (QED) is 0.893. The standard InChI is InChI=1S/C18H16O4/c19-17(20)15-9-11-1-2-12-4-6-14(16(10-12)18(21)22)8-7-13(15)5-3-11/h3-6,9-10H,1-2,7-8H2,(H,19,20)(H,21,22). The summed E-state index contributed by atoms with van der Waals surface area (Å²) < 4.78 is 0. The first-order chi connectivity index (χ1) is 10.5. The van der Waals surface area contributed by atoms with E-state index >= 15 is 0 Å². The fraction of sp³-hybridized carbons (Fsp3) is 0.222. The minimum absolute atomic E-state index is 0.324. The second-order valence-corrected chi connectivity index (χ2v) is 5.59. The van der Waals surface area contributed by atoms with Gasteiger partial charge in [0.1, 0.15) is 0 Å². The van der Waals surface area contributed by atoms with Gasteiger partial charge < -0.3 is 10.2 Å². The Balaban J connectivity index is 2.08. The van der Waals surface area contributed by atoms with Crippen LogP contribution in [0.25, 0.3) is 0 Å². The van der Waals surface area contributed by atoms with Gasteiger partial charge in [0.25, 0.3) is 0 Å². The summed E-state index contributed by atoms with van der Waals surface area (Å²) in [5.74, 6) is -1.86. The van der Waals surface area contributed by atoms with Gasteiger partial charge >= 0.3 is 11.9 Å². The Bertz CT molecular complexity index is 696. The molecule has 4 nitrogen and oxygen atoms in total. The number of hydrogen-bond acceptors (Lipinski definition) is 2. The molecule has 4 aliphatic carbocycles. The number of benzene rings is 2. The fourth-order valence-corrected chi connectivity index (χ4v) is 2.95. The van der Waals surface area contributed by atoms with Crippen LogP contribution in [-0.2, 0) is 25.7 Å². The zero-order valence-electron chi connectivity index (χ0n) is 12.0. The van der Waals surface area contributed by atoms with Crippen LogP contribution in [0.5, 0.6) is 0 Å². The number of aryl methyl sites for hydroxylation is 4. The zero-order valence-corrected chi connectivity index (χ0v) is 12.0. The normalized spacial score (nSPS) is 13.5. The number of carbonyl (C=O) groups is 2. The first-order valence-corrected chi connectivity index (χ1v) is 7.25. The average Bonchev–Trinajstić information content (AvgIpc) is 2.49. The number of aromatic carboxylic acids is 2. The SMILES string of the molecule is O=C(O)c1cc2ccc1CCc1ccc(cc1C(=O)O)CC2. The molecule has 22 heavy (non-hydrogen) atoms. The highest BCUT2D eigenvalue weighted by atomic mass is 16.4. The van der Waals surface area contributed by atoms with Crippen molar-refractivity contribution in [3.63, 3.8) is 0 Å². The van der Waals surface area contributed by atoms with Gasteiger partial charge in [0.15, 0.2) is 0 Å². The molecule has 0 aliphatic heterocycles. The molecule has 2 aromatic rings. The lowest BCUT2D eigenvalue weighted by Crippen LogP contribution is -2.10. The largest absolute Gasteiger partial charge is 0.478 e. The molecule has 0 aromatic heterocycles. The van der Waals surface area contributed by atoms with Crippen LogP contribution in [0.15, 0.2) is 36.4 Å². The van der Waals surface area contributed by atoms with Gasteiger partial charge in [0.2, 0.25) is 0 Å². The molecule has 0 fully saturated rings. The highest BCUT2D eigenvalue weighted by Gasteiger charge is 2.16. The third-order valence-corrected chi connectivity index (χ3v) is 4.18. The van der Waals surface area contributed by atoms with Gasteiger partial charge in [-0.2, -0.15) is 0 Å². The van der Waals surface area contributed by atoms with Crippen LogP contribution in [0.1, 0.15) is 43.0 Å². The smallest absolute Gasteiger partial charge is 0.335 e. The first-order valence-electron chi connectivity index (χ1n) is 7.25. The van der Waals surface area contributed by atoms with Crippen LogP contribution in [0.4, 0.5) is 0 Å². The predicted molar refractivity (Wildman–Crippen MR) is 81.6 cm³/mol. The van der Waals surface area contributed by atoms with Crippen molar-refractivity contribution in [1.82, 2.24) is 0 Å². The van der Waals surface area contributed by atoms with Crippen molar-refractivity contribution in [3.8, 4) is 0 Å². The first kappa shape index (κ1) is 14.3. The number of hydrogen-bond donors (Lipinski definition) is 2. The maximum Gasteiger partial charge on any atom is 0.335 e. The molecule has 0 spiro atoms. The second-order valence-electron chi connectivity index (χ2n) is 5.59. The van der Waals surface area contributed by atoms with E-state index in [9.17, 15) is 19.8 Å². The molecule has 112 valence electrons. The van der Waals surface area contributed by atoms with E-state index in [1.54, 1.807) is 12.1 Å². The second kappa shape index (κ2) is 5.64. The van der Waals surface area contributed by atoms with Crippen LogP contribution >= 0.6 is 0 Å². The molecule has 0 unspecified atom stereocenters. The van der Waals surface area contributed by atoms with Gasteiger partial charge in [0, 0.05) is 0 Å². The van der Waals surface area contributed by atoms with E-state index in [0.29, 0.717) is 36.8 Å². The summed E-state index contributed by atoms with van der Waals surface area (Å²) in [7, 11) is 0. The number of rotatable bonds is 2. The summed E-state index contributed by atoms with van der Waals surface area (Å²) in [5.41, 5.74) is 4.06. The summed E-state index contributed by atoms with van der Waals surface area (Å²) in [6, 6.07) is 11.1. The maximum atomic E-state index is 11.4. The summed E-state index contributed by atoms with van der Waals surface area (Å²) in [5, 5.41) is 18.7. The van der Waals surface area contributed by atoms with Gasteiger partial charge in [-0.3, -0.25) is 0 Å². The highest BCUT2D eigenvalue weighted by molar-refractivity contribution is 5.90. The Hall–Kier alpha value is -2.62. The molecular formula is C18H16O4. The molecule has 0 radical (unpaired) electrons. The molecule has 4 bridgehead atoms. The molecule has 2 N–H and O–H groups in total. The van der Waals surface area contributed by atoms with E-state index in [2.05, 4.69) is 0 Å². The van der Waals surface area contributed by atoms with Crippen molar-refractivity contribution in [2.45, 2.75) is 25.7 Å². The van der Waals surface area contributed by atoms with Crippen molar-refractivity contribution in [2.75, 3.05) is 0 Å². The lowest BCUT2D eigenvalue weighted by atomic mass is 9.91. The number of carboxylic acids is 2. The van der Waals surface area contributed by atoms with Gasteiger partial charge in [-0.15, -0.1) is 0 Å². The zero-order chi connectivity index (χ0) is 15.7. The molecule has 4 aliphatic rings. The molecule has 4 heteroatoms. The molecule has 0 amide bonds. The third-order valence-electron chi connectivity index (χ3n) is 4.18. The minimum Gasteiger partial charge on any atom is -0.478 e. The topological polar surface area (TPSA) is 74.6 Å². The lowest BCUT2D eigenvalue weighted by molar-refractivity contribution is 0.0683.